The second-order valence-corrected chi connectivity index (χ2v) is 3.80. The summed E-state index contributed by atoms with van der Waals surface area (Å²) in [5.41, 5.74) is 0.328. The molecule has 0 unspecified atom stereocenters. The molecule has 0 radical (unpaired) electrons. The van der Waals surface area contributed by atoms with Crippen LogP contribution in [0.2, 0.25) is 0 Å². The predicted octanol–water partition coefficient (Wildman–Crippen LogP) is 0.516. The van der Waals surface area contributed by atoms with Crippen molar-refractivity contribution in [3.8, 4) is 0 Å². The lowest BCUT2D eigenvalue weighted by Gasteiger charge is -2.31. The maximum absolute atomic E-state index is 11.0. The van der Waals surface area contributed by atoms with Gasteiger partial charge < -0.3 is 5.11 Å². The Morgan fingerprint density at radius 2 is 2.20 bits per heavy atom. The lowest BCUT2D eigenvalue weighted by atomic mass is 9.80. The molecule has 1 aliphatic carbocycles. The van der Waals surface area contributed by atoms with Gasteiger partial charge in [-0.25, -0.2) is 4.68 Å². The van der Waals surface area contributed by atoms with Crippen LogP contribution in [0.1, 0.15) is 36.3 Å². The fourth-order valence-corrected chi connectivity index (χ4v) is 1.62. The molecule has 1 aliphatic rings. The molecule has 6 heteroatoms. The number of rotatable bonds is 3. The lowest BCUT2D eigenvalue weighted by molar-refractivity contribution is -0.146. The van der Waals surface area contributed by atoms with Gasteiger partial charge in [-0.15, -0.1) is 5.10 Å². The van der Waals surface area contributed by atoms with Crippen LogP contribution in [0.3, 0.4) is 0 Å². The number of aromatic nitrogens is 3. The third-order valence-electron chi connectivity index (χ3n) is 2.71. The molecule has 1 heterocycles. The standard InChI is InChI=1S/C9H11N3O3/c1-5(13)8-4-12(11-10-8)7-2-6(3-7)9(14)15/h4,6-7H,2-3H2,1H3,(H,14,15). The van der Waals surface area contributed by atoms with Crippen molar-refractivity contribution in [3.63, 3.8) is 0 Å². The number of hydrogen-bond acceptors (Lipinski definition) is 4. The molecule has 0 aromatic carbocycles. The number of carbonyl (C=O) groups excluding carboxylic acids is 1. The monoisotopic (exact) mass is 209 g/mol. The van der Waals surface area contributed by atoms with Crippen LogP contribution in [0.4, 0.5) is 0 Å². The molecule has 0 aliphatic heterocycles. The lowest BCUT2D eigenvalue weighted by Crippen LogP contribution is -2.32. The first-order valence-electron chi connectivity index (χ1n) is 4.73. The summed E-state index contributed by atoms with van der Waals surface area (Å²) in [6, 6.07) is 0.0756. The van der Waals surface area contributed by atoms with Crippen LogP contribution in [0.15, 0.2) is 6.20 Å². The van der Waals surface area contributed by atoms with E-state index in [1.807, 2.05) is 0 Å². The van der Waals surface area contributed by atoms with Gasteiger partial charge in [0, 0.05) is 6.92 Å². The van der Waals surface area contributed by atoms with Crippen molar-refractivity contribution in [2.45, 2.75) is 25.8 Å². The predicted molar refractivity (Wildman–Crippen MR) is 49.4 cm³/mol. The maximum Gasteiger partial charge on any atom is 0.306 e. The van der Waals surface area contributed by atoms with Gasteiger partial charge in [-0.2, -0.15) is 0 Å². The Bertz CT molecular complexity index is 406. The molecule has 1 aromatic rings. The Morgan fingerprint density at radius 3 is 2.67 bits per heavy atom. The molecule has 0 saturated heterocycles. The van der Waals surface area contributed by atoms with Crippen LogP contribution in [0.5, 0.6) is 0 Å². The number of ketones is 1. The Morgan fingerprint density at radius 1 is 1.53 bits per heavy atom. The van der Waals surface area contributed by atoms with Crippen molar-refractivity contribution < 1.29 is 14.7 Å². The molecular weight excluding hydrogens is 198 g/mol. The summed E-state index contributed by atoms with van der Waals surface area (Å²) in [4.78, 5) is 21.5. The van der Waals surface area contributed by atoms with E-state index in [2.05, 4.69) is 10.3 Å². The first-order chi connectivity index (χ1) is 7.08. The molecule has 1 aromatic heterocycles. The average Bonchev–Trinajstić information content (AvgIpc) is 2.49. The fourth-order valence-electron chi connectivity index (χ4n) is 1.62. The Hall–Kier alpha value is -1.72. The summed E-state index contributed by atoms with van der Waals surface area (Å²) < 4.78 is 1.58. The van der Waals surface area contributed by atoms with Crippen LogP contribution >= 0.6 is 0 Å². The summed E-state index contributed by atoms with van der Waals surface area (Å²) in [6.45, 7) is 1.43. The molecule has 1 saturated carbocycles. The zero-order valence-electron chi connectivity index (χ0n) is 8.25. The first kappa shape index (κ1) is 9.82. The van der Waals surface area contributed by atoms with E-state index in [-0.39, 0.29) is 17.7 Å². The number of Topliss-reactive ketones (excluding diaryl/α,β-unsaturated/α-hetero) is 1. The van der Waals surface area contributed by atoms with Gasteiger partial charge in [0.2, 0.25) is 0 Å². The number of aliphatic carboxylic acids is 1. The van der Waals surface area contributed by atoms with Crippen LogP contribution in [-0.4, -0.2) is 31.9 Å². The third-order valence-corrected chi connectivity index (χ3v) is 2.71. The second kappa shape index (κ2) is 3.45. The van der Waals surface area contributed by atoms with Crippen LogP contribution in [0, 0.1) is 5.92 Å². The van der Waals surface area contributed by atoms with Gasteiger partial charge in [0.05, 0.1) is 18.2 Å². The van der Waals surface area contributed by atoms with Crippen molar-refractivity contribution in [1.29, 1.82) is 0 Å². The van der Waals surface area contributed by atoms with E-state index in [0.29, 0.717) is 18.5 Å². The smallest absolute Gasteiger partial charge is 0.306 e. The Balaban J connectivity index is 2.01. The molecule has 0 atom stereocenters. The zero-order chi connectivity index (χ0) is 11.0. The minimum atomic E-state index is -0.766. The Labute approximate surface area is 85.9 Å². The molecule has 6 nitrogen and oxygen atoms in total. The van der Waals surface area contributed by atoms with E-state index < -0.39 is 5.97 Å². The van der Waals surface area contributed by atoms with Gasteiger partial charge in [-0.1, -0.05) is 5.21 Å². The summed E-state index contributed by atoms with van der Waals surface area (Å²) in [5, 5.41) is 16.2. The van der Waals surface area contributed by atoms with E-state index in [4.69, 9.17) is 5.11 Å². The van der Waals surface area contributed by atoms with Gasteiger partial charge in [0.25, 0.3) is 0 Å². The highest BCUT2D eigenvalue weighted by molar-refractivity contribution is 5.91. The highest BCUT2D eigenvalue weighted by atomic mass is 16.4. The largest absolute Gasteiger partial charge is 0.481 e. The topological polar surface area (TPSA) is 85.1 Å². The van der Waals surface area contributed by atoms with E-state index >= 15 is 0 Å². The molecule has 80 valence electrons. The number of carboxylic acid groups (broad SMARTS) is 1. The van der Waals surface area contributed by atoms with Crippen LogP contribution in [-0.2, 0) is 4.79 Å². The van der Waals surface area contributed by atoms with Gasteiger partial charge in [-0.05, 0) is 12.8 Å². The molecular formula is C9H11N3O3. The van der Waals surface area contributed by atoms with E-state index in [1.54, 1.807) is 10.9 Å². The highest BCUT2D eigenvalue weighted by Crippen LogP contribution is 2.37. The number of hydrogen-bond donors (Lipinski definition) is 1. The van der Waals surface area contributed by atoms with Crippen molar-refractivity contribution in [1.82, 2.24) is 15.0 Å². The highest BCUT2D eigenvalue weighted by Gasteiger charge is 2.36. The second-order valence-electron chi connectivity index (χ2n) is 3.80. The van der Waals surface area contributed by atoms with Crippen molar-refractivity contribution >= 4 is 11.8 Å². The SMILES string of the molecule is CC(=O)c1cn(C2CC(C(=O)O)C2)nn1. The summed E-state index contributed by atoms with van der Waals surface area (Å²) in [7, 11) is 0. The van der Waals surface area contributed by atoms with E-state index in [9.17, 15) is 9.59 Å². The summed E-state index contributed by atoms with van der Waals surface area (Å²) in [6.07, 6.45) is 2.71. The van der Waals surface area contributed by atoms with Crippen molar-refractivity contribution in [3.05, 3.63) is 11.9 Å². The Kier molecular flexibility index (Phi) is 2.26. The van der Waals surface area contributed by atoms with Gasteiger partial charge in [0.15, 0.2) is 5.78 Å². The molecule has 2 rings (SSSR count). The summed E-state index contributed by atoms with van der Waals surface area (Å²) >= 11 is 0. The van der Waals surface area contributed by atoms with Gasteiger partial charge in [-0.3, -0.25) is 9.59 Å². The van der Waals surface area contributed by atoms with Crippen molar-refractivity contribution in [2.24, 2.45) is 5.92 Å². The molecule has 0 bridgehead atoms. The van der Waals surface area contributed by atoms with Gasteiger partial charge >= 0.3 is 5.97 Å². The number of carboxylic acids is 1. The minimum absolute atomic E-state index is 0.0756. The molecule has 1 fully saturated rings. The van der Waals surface area contributed by atoms with E-state index in [0.717, 1.165) is 0 Å². The quantitative estimate of drug-likeness (QED) is 0.733. The fraction of sp³-hybridized carbons (Fsp3) is 0.556. The number of carbonyl (C=O) groups is 2. The average molecular weight is 209 g/mol. The maximum atomic E-state index is 11.0. The molecule has 0 amide bonds. The van der Waals surface area contributed by atoms with E-state index in [1.165, 1.54) is 6.92 Å². The minimum Gasteiger partial charge on any atom is -0.481 e. The number of nitrogens with zero attached hydrogens (tertiary/aromatic N) is 3. The summed E-state index contributed by atoms with van der Waals surface area (Å²) in [5.74, 6) is -1.17. The molecule has 1 N–H and O–H groups in total. The van der Waals surface area contributed by atoms with Crippen LogP contribution < -0.4 is 0 Å². The van der Waals surface area contributed by atoms with Gasteiger partial charge in [0.1, 0.15) is 5.69 Å². The third kappa shape index (κ3) is 1.74. The first-order valence-corrected chi connectivity index (χ1v) is 4.73. The molecule has 0 spiro atoms. The van der Waals surface area contributed by atoms with Crippen LogP contribution in [0.25, 0.3) is 0 Å². The normalized spacial score (nSPS) is 24.6. The van der Waals surface area contributed by atoms with Crippen molar-refractivity contribution in [2.75, 3.05) is 0 Å². The molecule has 15 heavy (non-hydrogen) atoms. The zero-order valence-corrected chi connectivity index (χ0v) is 8.25.